The Hall–Kier alpha value is -5.03. The Kier molecular flexibility index (Phi) is 4.54. The lowest BCUT2D eigenvalue weighted by molar-refractivity contribution is 0.669. The largest absolute Gasteiger partial charge is 0.456 e. The van der Waals surface area contributed by atoms with Gasteiger partial charge >= 0.3 is 5.69 Å². The molecule has 170 valence electrons. The second-order valence-electron chi connectivity index (χ2n) is 8.67. The quantitative estimate of drug-likeness (QED) is 0.282. The van der Waals surface area contributed by atoms with E-state index in [-0.39, 0.29) is 0 Å². The fourth-order valence-electron chi connectivity index (χ4n) is 4.89. The van der Waals surface area contributed by atoms with Gasteiger partial charge in [-0.2, -0.15) is 9.97 Å². The number of fused-ring (bicyclic) bond motifs is 4. The minimum atomic E-state index is -0.528. The van der Waals surface area contributed by atoms with Crippen LogP contribution in [0.15, 0.2) is 125 Å². The maximum atomic E-state index is 12.9. The minimum absolute atomic E-state index is 0.525. The average Bonchev–Trinajstić information content (AvgIpc) is 3.32. The molecule has 0 aliphatic heterocycles. The highest BCUT2D eigenvalue weighted by Gasteiger charge is 2.18. The van der Waals surface area contributed by atoms with Gasteiger partial charge in [0, 0.05) is 28.1 Å². The van der Waals surface area contributed by atoms with Crippen molar-refractivity contribution in [3.8, 4) is 33.6 Å². The first kappa shape index (κ1) is 20.4. The van der Waals surface area contributed by atoms with Crippen molar-refractivity contribution in [3.05, 3.63) is 126 Å². The summed E-state index contributed by atoms with van der Waals surface area (Å²) in [6, 6.07) is 36.0. The Bertz CT molecular complexity index is 1960. The fourth-order valence-corrected chi connectivity index (χ4v) is 4.89. The molecule has 0 aliphatic carbocycles. The molecule has 0 amide bonds. The number of benzene rings is 4. The second-order valence-corrected chi connectivity index (χ2v) is 8.67. The minimum Gasteiger partial charge on any atom is -0.456 e. The van der Waals surface area contributed by atoms with Crippen molar-refractivity contribution in [2.24, 2.45) is 0 Å². The molecule has 4 aromatic carbocycles. The lowest BCUT2D eigenvalue weighted by Crippen LogP contribution is -2.16. The van der Waals surface area contributed by atoms with Gasteiger partial charge in [0.15, 0.2) is 11.5 Å². The summed E-state index contributed by atoms with van der Waals surface area (Å²) in [5.41, 5.74) is 6.28. The normalized spacial score (nSPS) is 11.4. The van der Waals surface area contributed by atoms with Crippen molar-refractivity contribution in [3.63, 3.8) is 0 Å². The van der Waals surface area contributed by atoms with Crippen LogP contribution >= 0.6 is 0 Å². The maximum absolute atomic E-state index is 12.9. The number of rotatable bonds is 3. The molecule has 0 bridgehead atoms. The fraction of sp³-hybridized carbons (Fsp3) is 0. The molecule has 0 radical (unpaired) electrons. The molecule has 7 rings (SSSR count). The molecule has 0 fully saturated rings. The van der Waals surface area contributed by atoms with E-state index in [0.717, 1.165) is 49.8 Å². The summed E-state index contributed by atoms with van der Waals surface area (Å²) in [7, 11) is 0. The summed E-state index contributed by atoms with van der Waals surface area (Å²) in [4.78, 5) is 21.7. The van der Waals surface area contributed by atoms with E-state index in [0.29, 0.717) is 11.5 Å². The van der Waals surface area contributed by atoms with E-state index in [4.69, 9.17) is 4.42 Å². The van der Waals surface area contributed by atoms with Gasteiger partial charge in [0.1, 0.15) is 11.2 Å². The van der Waals surface area contributed by atoms with Gasteiger partial charge in [0.25, 0.3) is 0 Å². The first-order chi connectivity index (χ1) is 17.8. The number of hydrogen-bond donors (Lipinski definition) is 0. The van der Waals surface area contributed by atoms with Crippen LogP contribution in [0, 0.1) is 0 Å². The topological polar surface area (TPSA) is 60.4 Å². The highest BCUT2D eigenvalue weighted by molar-refractivity contribution is 6.11. The van der Waals surface area contributed by atoms with Crippen LogP contribution in [0.3, 0.4) is 0 Å². The number of nitrogens with zero attached hydrogens (tertiary/aromatic N) is 3. The van der Waals surface area contributed by atoms with Crippen LogP contribution in [0.4, 0.5) is 0 Å². The van der Waals surface area contributed by atoms with Crippen LogP contribution in [0.5, 0.6) is 0 Å². The van der Waals surface area contributed by atoms with Crippen LogP contribution in [0.1, 0.15) is 0 Å². The number of hydrogen-bond acceptors (Lipinski definition) is 4. The molecular formula is C31H19N3O2. The van der Waals surface area contributed by atoms with Crippen LogP contribution in [0.25, 0.3) is 61.2 Å². The molecule has 0 atom stereocenters. The van der Waals surface area contributed by atoms with E-state index < -0.39 is 5.69 Å². The van der Waals surface area contributed by atoms with Gasteiger partial charge in [-0.1, -0.05) is 91.0 Å². The van der Waals surface area contributed by atoms with E-state index in [9.17, 15) is 4.79 Å². The molecule has 7 aromatic rings. The van der Waals surface area contributed by atoms with E-state index in [2.05, 4.69) is 28.2 Å². The van der Waals surface area contributed by atoms with E-state index in [1.165, 1.54) is 0 Å². The van der Waals surface area contributed by atoms with Crippen molar-refractivity contribution in [2.75, 3.05) is 0 Å². The standard InChI is InChI=1S/C31H19N3O2/c35-31-32-29(24-15-9-17-27-28(24)23-14-7-8-16-26(23)36-27)34-19-22(20-10-3-1-4-11-20)18-25(30(34)33-31)21-12-5-2-6-13-21/h1-19H. The molecule has 3 aromatic heterocycles. The third kappa shape index (κ3) is 3.21. The van der Waals surface area contributed by atoms with Crippen LogP contribution < -0.4 is 5.69 Å². The van der Waals surface area contributed by atoms with Gasteiger partial charge in [0.2, 0.25) is 0 Å². The van der Waals surface area contributed by atoms with Crippen molar-refractivity contribution in [2.45, 2.75) is 0 Å². The number of para-hydroxylation sites is 1. The van der Waals surface area contributed by atoms with Gasteiger partial charge in [-0.25, -0.2) is 4.79 Å². The van der Waals surface area contributed by atoms with Gasteiger partial charge in [-0.3, -0.25) is 4.40 Å². The number of pyridine rings is 1. The smallest absolute Gasteiger partial charge is 0.371 e. The molecule has 3 heterocycles. The molecule has 0 aliphatic rings. The van der Waals surface area contributed by atoms with Crippen LogP contribution in [0.2, 0.25) is 0 Å². The van der Waals surface area contributed by atoms with Crippen molar-refractivity contribution in [1.82, 2.24) is 14.4 Å². The highest BCUT2D eigenvalue weighted by Crippen LogP contribution is 2.37. The van der Waals surface area contributed by atoms with Gasteiger partial charge in [0.05, 0.1) is 0 Å². The second kappa shape index (κ2) is 8.03. The lowest BCUT2D eigenvalue weighted by atomic mass is 10.0. The van der Waals surface area contributed by atoms with E-state index in [1.54, 1.807) is 0 Å². The highest BCUT2D eigenvalue weighted by atomic mass is 16.3. The molecule has 36 heavy (non-hydrogen) atoms. The number of furan rings is 1. The third-order valence-corrected chi connectivity index (χ3v) is 6.50. The molecule has 5 nitrogen and oxygen atoms in total. The van der Waals surface area contributed by atoms with Gasteiger partial charge in [-0.15, -0.1) is 0 Å². The predicted molar refractivity (Wildman–Crippen MR) is 143 cm³/mol. The Morgan fingerprint density at radius 3 is 2.11 bits per heavy atom. The van der Waals surface area contributed by atoms with Crippen molar-refractivity contribution in [1.29, 1.82) is 0 Å². The summed E-state index contributed by atoms with van der Waals surface area (Å²) < 4.78 is 8.05. The summed E-state index contributed by atoms with van der Waals surface area (Å²) >= 11 is 0. The Balaban J connectivity index is 1.63. The van der Waals surface area contributed by atoms with E-state index in [1.807, 2.05) is 102 Å². The average molecular weight is 466 g/mol. The lowest BCUT2D eigenvalue weighted by Gasteiger charge is -2.15. The zero-order chi connectivity index (χ0) is 24.1. The SMILES string of the molecule is O=c1nc(-c2cccc3oc4ccccc4c23)n2cc(-c3ccccc3)cc(-c3ccccc3)c2n1. The third-order valence-electron chi connectivity index (χ3n) is 6.50. The molecule has 0 saturated heterocycles. The summed E-state index contributed by atoms with van der Waals surface area (Å²) in [6.45, 7) is 0. The molecule has 0 N–H and O–H groups in total. The summed E-state index contributed by atoms with van der Waals surface area (Å²) in [5.74, 6) is 0.525. The molecule has 5 heteroatoms. The Morgan fingerprint density at radius 2 is 1.31 bits per heavy atom. The van der Waals surface area contributed by atoms with Crippen LogP contribution in [-0.2, 0) is 0 Å². The molecule has 0 saturated carbocycles. The summed E-state index contributed by atoms with van der Waals surface area (Å²) in [5, 5.41) is 1.90. The first-order valence-corrected chi connectivity index (χ1v) is 11.7. The van der Waals surface area contributed by atoms with Gasteiger partial charge in [-0.05, 0) is 34.9 Å². The monoisotopic (exact) mass is 465 g/mol. The van der Waals surface area contributed by atoms with Crippen molar-refractivity contribution >= 4 is 27.6 Å². The van der Waals surface area contributed by atoms with Crippen molar-refractivity contribution < 1.29 is 4.42 Å². The summed E-state index contributed by atoms with van der Waals surface area (Å²) in [6.07, 6.45) is 2.01. The predicted octanol–water partition coefficient (Wildman–Crippen LogP) is 6.99. The number of aromatic nitrogens is 3. The van der Waals surface area contributed by atoms with Gasteiger partial charge < -0.3 is 4.42 Å². The zero-order valence-corrected chi connectivity index (χ0v) is 19.1. The maximum Gasteiger partial charge on any atom is 0.371 e. The zero-order valence-electron chi connectivity index (χ0n) is 19.1. The van der Waals surface area contributed by atoms with Crippen LogP contribution in [-0.4, -0.2) is 14.4 Å². The molecule has 0 unspecified atom stereocenters. The Morgan fingerprint density at radius 1 is 0.611 bits per heavy atom. The molecule has 0 spiro atoms. The Labute approximate surface area is 205 Å². The van der Waals surface area contributed by atoms with E-state index >= 15 is 0 Å². The molecular weight excluding hydrogens is 446 g/mol. The first-order valence-electron chi connectivity index (χ1n) is 11.7.